The van der Waals surface area contributed by atoms with Gasteiger partial charge in [0.1, 0.15) is 0 Å². The SMILES string of the molecule is O=C(O)CCS(=O)(=O)CC1CCCC1. The largest absolute Gasteiger partial charge is 0.481 e. The molecule has 1 N–H and O–H groups in total. The minimum atomic E-state index is -3.14. The van der Waals surface area contributed by atoms with Gasteiger partial charge < -0.3 is 5.11 Å². The average molecular weight is 220 g/mol. The summed E-state index contributed by atoms with van der Waals surface area (Å²) in [6.45, 7) is 0. The Hall–Kier alpha value is -0.580. The predicted molar refractivity (Wildman–Crippen MR) is 52.9 cm³/mol. The summed E-state index contributed by atoms with van der Waals surface area (Å²) in [5, 5.41) is 8.37. The molecular weight excluding hydrogens is 204 g/mol. The molecule has 0 aromatic carbocycles. The minimum Gasteiger partial charge on any atom is -0.481 e. The van der Waals surface area contributed by atoms with Crippen LogP contribution in [-0.2, 0) is 14.6 Å². The first kappa shape index (κ1) is 11.5. The molecule has 0 unspecified atom stereocenters. The van der Waals surface area contributed by atoms with E-state index in [1.807, 2.05) is 0 Å². The minimum absolute atomic E-state index is 0.181. The Balaban J connectivity index is 2.36. The number of carboxylic acids is 1. The summed E-state index contributed by atoms with van der Waals surface area (Å²) in [6.07, 6.45) is 3.91. The van der Waals surface area contributed by atoms with Gasteiger partial charge in [0, 0.05) is 0 Å². The van der Waals surface area contributed by atoms with Gasteiger partial charge in [-0.05, 0) is 18.8 Å². The van der Waals surface area contributed by atoms with Gasteiger partial charge in [-0.25, -0.2) is 8.42 Å². The van der Waals surface area contributed by atoms with Crippen LogP contribution in [0.3, 0.4) is 0 Å². The van der Waals surface area contributed by atoms with Crippen molar-refractivity contribution < 1.29 is 18.3 Å². The van der Waals surface area contributed by atoms with Crippen molar-refractivity contribution in [3.63, 3.8) is 0 Å². The van der Waals surface area contributed by atoms with E-state index in [-0.39, 0.29) is 23.8 Å². The van der Waals surface area contributed by atoms with Crippen molar-refractivity contribution in [2.24, 2.45) is 5.92 Å². The van der Waals surface area contributed by atoms with Crippen LogP contribution in [0.25, 0.3) is 0 Å². The Kier molecular flexibility index (Phi) is 3.92. The highest BCUT2D eigenvalue weighted by Gasteiger charge is 2.22. The van der Waals surface area contributed by atoms with E-state index in [0.717, 1.165) is 25.7 Å². The summed E-state index contributed by atoms with van der Waals surface area (Å²) in [5.74, 6) is -0.798. The van der Waals surface area contributed by atoms with Gasteiger partial charge in [0.05, 0.1) is 17.9 Å². The van der Waals surface area contributed by atoms with Gasteiger partial charge in [0.25, 0.3) is 0 Å². The quantitative estimate of drug-likeness (QED) is 0.752. The molecule has 82 valence electrons. The Morgan fingerprint density at radius 3 is 2.36 bits per heavy atom. The molecule has 5 heteroatoms. The zero-order valence-corrected chi connectivity index (χ0v) is 8.92. The van der Waals surface area contributed by atoms with Crippen molar-refractivity contribution in [2.75, 3.05) is 11.5 Å². The zero-order valence-electron chi connectivity index (χ0n) is 8.11. The van der Waals surface area contributed by atoms with Crippen LogP contribution in [0.4, 0.5) is 0 Å². The lowest BCUT2D eigenvalue weighted by atomic mass is 10.1. The average Bonchev–Trinajstić information content (AvgIpc) is 2.53. The zero-order chi connectivity index (χ0) is 10.6. The standard InChI is InChI=1S/C9H16O4S/c10-9(11)5-6-14(12,13)7-8-3-1-2-4-8/h8H,1-7H2,(H,10,11). The lowest BCUT2D eigenvalue weighted by Gasteiger charge is -2.08. The first-order valence-electron chi connectivity index (χ1n) is 4.92. The van der Waals surface area contributed by atoms with E-state index in [9.17, 15) is 13.2 Å². The summed E-state index contributed by atoms with van der Waals surface area (Å²) >= 11 is 0. The molecule has 14 heavy (non-hydrogen) atoms. The fraction of sp³-hybridized carbons (Fsp3) is 0.889. The van der Waals surface area contributed by atoms with Crippen molar-refractivity contribution in [1.29, 1.82) is 0 Å². The second-order valence-electron chi connectivity index (χ2n) is 3.91. The number of rotatable bonds is 5. The Bertz CT molecular complexity index is 288. The summed E-state index contributed by atoms with van der Waals surface area (Å²) < 4.78 is 22.9. The fourth-order valence-corrected chi connectivity index (χ4v) is 3.57. The van der Waals surface area contributed by atoms with Gasteiger partial charge in [-0.15, -0.1) is 0 Å². The lowest BCUT2D eigenvalue weighted by molar-refractivity contribution is -0.136. The third-order valence-electron chi connectivity index (χ3n) is 2.59. The Morgan fingerprint density at radius 1 is 1.29 bits per heavy atom. The summed E-state index contributed by atoms with van der Waals surface area (Å²) in [5.41, 5.74) is 0. The van der Waals surface area contributed by atoms with E-state index in [2.05, 4.69) is 0 Å². The van der Waals surface area contributed by atoms with E-state index in [4.69, 9.17) is 5.11 Å². The maximum atomic E-state index is 11.4. The molecule has 0 aromatic heterocycles. The first-order chi connectivity index (χ1) is 6.49. The van der Waals surface area contributed by atoms with Gasteiger partial charge >= 0.3 is 5.97 Å². The van der Waals surface area contributed by atoms with Gasteiger partial charge in [0.2, 0.25) is 0 Å². The Morgan fingerprint density at radius 2 is 1.86 bits per heavy atom. The second-order valence-corrected chi connectivity index (χ2v) is 6.14. The molecule has 1 aliphatic carbocycles. The first-order valence-corrected chi connectivity index (χ1v) is 6.74. The molecular formula is C9H16O4S. The molecule has 0 radical (unpaired) electrons. The molecule has 0 saturated heterocycles. The van der Waals surface area contributed by atoms with Crippen LogP contribution in [0.2, 0.25) is 0 Å². The van der Waals surface area contributed by atoms with Crippen LogP contribution < -0.4 is 0 Å². The predicted octanol–water partition coefficient (Wildman–Crippen LogP) is 1.07. The maximum Gasteiger partial charge on any atom is 0.304 e. The molecule has 0 bridgehead atoms. The molecule has 0 amide bonds. The Labute approximate surface area is 84.2 Å². The van der Waals surface area contributed by atoms with Crippen molar-refractivity contribution in [2.45, 2.75) is 32.1 Å². The van der Waals surface area contributed by atoms with Crippen molar-refractivity contribution in [3.05, 3.63) is 0 Å². The van der Waals surface area contributed by atoms with Crippen LogP contribution in [0, 0.1) is 5.92 Å². The maximum absolute atomic E-state index is 11.4. The molecule has 0 heterocycles. The van der Waals surface area contributed by atoms with Gasteiger partial charge in [-0.1, -0.05) is 12.8 Å². The molecule has 0 spiro atoms. The van der Waals surface area contributed by atoms with Crippen molar-refractivity contribution in [3.8, 4) is 0 Å². The van der Waals surface area contributed by atoms with Gasteiger partial charge in [0.15, 0.2) is 9.84 Å². The van der Waals surface area contributed by atoms with Crippen molar-refractivity contribution >= 4 is 15.8 Å². The number of hydrogen-bond donors (Lipinski definition) is 1. The molecule has 1 aliphatic rings. The van der Waals surface area contributed by atoms with Crippen LogP contribution >= 0.6 is 0 Å². The molecule has 1 saturated carbocycles. The highest BCUT2D eigenvalue weighted by atomic mass is 32.2. The van der Waals surface area contributed by atoms with Crippen LogP contribution in [-0.4, -0.2) is 31.0 Å². The second kappa shape index (κ2) is 4.77. The van der Waals surface area contributed by atoms with E-state index in [1.165, 1.54) is 0 Å². The number of carbonyl (C=O) groups is 1. The topological polar surface area (TPSA) is 71.4 Å². The molecule has 1 fully saturated rings. The normalized spacial score (nSPS) is 18.6. The van der Waals surface area contributed by atoms with Crippen molar-refractivity contribution in [1.82, 2.24) is 0 Å². The molecule has 0 atom stereocenters. The lowest BCUT2D eigenvalue weighted by Crippen LogP contribution is -2.18. The van der Waals surface area contributed by atoms with Crippen LogP contribution in [0.1, 0.15) is 32.1 Å². The van der Waals surface area contributed by atoms with E-state index in [0.29, 0.717) is 0 Å². The van der Waals surface area contributed by atoms with E-state index >= 15 is 0 Å². The highest BCUT2D eigenvalue weighted by Crippen LogP contribution is 2.26. The third-order valence-corrected chi connectivity index (χ3v) is 4.40. The monoisotopic (exact) mass is 220 g/mol. The van der Waals surface area contributed by atoms with E-state index in [1.54, 1.807) is 0 Å². The van der Waals surface area contributed by atoms with Crippen LogP contribution in [0.15, 0.2) is 0 Å². The smallest absolute Gasteiger partial charge is 0.304 e. The van der Waals surface area contributed by atoms with Gasteiger partial charge in [-0.2, -0.15) is 0 Å². The fourth-order valence-electron chi connectivity index (χ4n) is 1.86. The molecule has 4 nitrogen and oxygen atoms in total. The van der Waals surface area contributed by atoms with Crippen LogP contribution in [0.5, 0.6) is 0 Å². The number of hydrogen-bond acceptors (Lipinski definition) is 3. The molecule has 1 rings (SSSR count). The summed E-state index contributed by atoms with van der Waals surface area (Å²) in [7, 11) is -3.14. The molecule has 0 aromatic rings. The third kappa shape index (κ3) is 4.09. The number of carboxylic acid groups (broad SMARTS) is 1. The summed E-state index contributed by atoms with van der Waals surface area (Å²) in [6, 6.07) is 0. The highest BCUT2D eigenvalue weighted by molar-refractivity contribution is 7.91. The summed E-state index contributed by atoms with van der Waals surface area (Å²) in [4.78, 5) is 10.2. The number of aliphatic carboxylic acids is 1. The number of sulfone groups is 1. The molecule has 0 aliphatic heterocycles. The van der Waals surface area contributed by atoms with Gasteiger partial charge in [-0.3, -0.25) is 4.79 Å². The van der Waals surface area contributed by atoms with E-state index < -0.39 is 15.8 Å².